The lowest BCUT2D eigenvalue weighted by atomic mass is 10.1. The molecule has 136 valence electrons. The first-order chi connectivity index (χ1) is 12.2. The highest BCUT2D eigenvalue weighted by Crippen LogP contribution is 2.16. The minimum Gasteiger partial charge on any atom is -0.257 e. The third-order valence-electron chi connectivity index (χ3n) is 4.28. The number of aromatic nitrogens is 4. The van der Waals surface area contributed by atoms with Crippen molar-refractivity contribution in [3.05, 3.63) is 46.6 Å². The Bertz CT molecular complexity index is 609. The Labute approximate surface area is 152 Å². The molecule has 2 aromatic heterocycles. The molecule has 0 N–H and O–H groups in total. The Kier molecular flexibility index (Phi) is 7.96. The highest BCUT2D eigenvalue weighted by Gasteiger charge is 2.13. The van der Waals surface area contributed by atoms with Crippen LogP contribution in [0.2, 0.25) is 0 Å². The molecule has 0 spiro atoms. The number of aryl methyl sites for hydroxylation is 4. The normalized spacial score (nSPS) is 11.0. The number of rotatable bonds is 10. The van der Waals surface area contributed by atoms with Gasteiger partial charge in [-0.05, 0) is 25.7 Å². The lowest BCUT2D eigenvalue weighted by Crippen LogP contribution is -2.10. The Balaban J connectivity index is 2.38. The molecule has 2 aromatic rings. The van der Waals surface area contributed by atoms with Crippen LogP contribution < -0.4 is 0 Å². The van der Waals surface area contributed by atoms with Crippen LogP contribution in [0.15, 0.2) is 12.4 Å². The summed E-state index contributed by atoms with van der Waals surface area (Å²) in [4.78, 5) is 19.3. The number of hydrogen-bond acceptors (Lipinski definition) is 4. The van der Waals surface area contributed by atoms with Crippen LogP contribution in [0.3, 0.4) is 0 Å². The molecule has 0 aromatic carbocycles. The third-order valence-corrected chi connectivity index (χ3v) is 4.28. The van der Waals surface area contributed by atoms with Gasteiger partial charge in [0.15, 0.2) is 0 Å². The van der Waals surface area contributed by atoms with Crippen LogP contribution in [-0.2, 0) is 32.1 Å². The summed E-state index contributed by atoms with van der Waals surface area (Å²) < 4.78 is 0. The summed E-state index contributed by atoms with van der Waals surface area (Å²) in [6, 6.07) is 0. The molecule has 2 heterocycles. The fraction of sp³-hybridized carbons (Fsp3) is 0.619. The molecule has 0 saturated carbocycles. The maximum absolute atomic E-state index is 4.92. The predicted octanol–water partition coefficient (Wildman–Crippen LogP) is 4.67. The van der Waals surface area contributed by atoms with E-state index in [1.807, 2.05) is 12.4 Å². The van der Waals surface area contributed by atoms with Gasteiger partial charge in [-0.1, -0.05) is 53.4 Å². The van der Waals surface area contributed by atoms with E-state index in [-0.39, 0.29) is 0 Å². The summed E-state index contributed by atoms with van der Waals surface area (Å²) in [5, 5.41) is 0. The minimum atomic E-state index is 0.750. The van der Waals surface area contributed by atoms with E-state index in [0.717, 1.165) is 92.0 Å². The molecule has 0 fully saturated rings. The largest absolute Gasteiger partial charge is 0.257 e. The second-order valence-corrected chi connectivity index (χ2v) is 6.69. The van der Waals surface area contributed by atoms with Gasteiger partial charge in [0.1, 0.15) is 0 Å². The molecule has 4 nitrogen and oxygen atoms in total. The molecular weight excluding hydrogens is 308 g/mol. The van der Waals surface area contributed by atoms with Gasteiger partial charge in [-0.25, -0.2) is 0 Å². The summed E-state index contributed by atoms with van der Waals surface area (Å²) in [5.41, 5.74) is 6.60. The van der Waals surface area contributed by atoms with E-state index < -0.39 is 0 Å². The standard InChI is InChI=1S/C21H32N4/c1-5-9-16-14-22-18(11-7-3)20(24-16)13-21-19(12-8-4)23-15-17(25-21)10-6-2/h14-15H,5-13H2,1-4H3. The smallest absolute Gasteiger partial charge is 0.0682 e. The summed E-state index contributed by atoms with van der Waals surface area (Å²) in [6.07, 6.45) is 12.9. The van der Waals surface area contributed by atoms with Gasteiger partial charge in [0, 0.05) is 18.8 Å². The van der Waals surface area contributed by atoms with Crippen molar-refractivity contribution in [3.8, 4) is 0 Å². The zero-order valence-corrected chi connectivity index (χ0v) is 16.3. The van der Waals surface area contributed by atoms with Crippen LogP contribution in [-0.4, -0.2) is 19.9 Å². The summed E-state index contributed by atoms with van der Waals surface area (Å²) in [5.74, 6) is 0. The van der Waals surface area contributed by atoms with Gasteiger partial charge in [-0.3, -0.25) is 19.9 Å². The summed E-state index contributed by atoms with van der Waals surface area (Å²) in [7, 11) is 0. The zero-order valence-electron chi connectivity index (χ0n) is 16.3. The molecule has 2 rings (SSSR count). The highest BCUT2D eigenvalue weighted by atomic mass is 14.9. The van der Waals surface area contributed by atoms with Crippen molar-refractivity contribution in [3.63, 3.8) is 0 Å². The molecular formula is C21H32N4. The molecule has 0 bridgehead atoms. The molecule has 0 aliphatic rings. The van der Waals surface area contributed by atoms with Crippen molar-refractivity contribution in [2.75, 3.05) is 0 Å². The minimum absolute atomic E-state index is 0.750. The van der Waals surface area contributed by atoms with Gasteiger partial charge in [0.2, 0.25) is 0 Å². The van der Waals surface area contributed by atoms with Gasteiger partial charge in [-0.15, -0.1) is 0 Å². The third kappa shape index (κ3) is 5.58. The SMILES string of the molecule is CCCc1cnc(CCC)c(Cc2nc(CCC)cnc2CCC)n1. The second kappa shape index (κ2) is 10.2. The fourth-order valence-electron chi connectivity index (χ4n) is 3.07. The maximum Gasteiger partial charge on any atom is 0.0682 e. The van der Waals surface area contributed by atoms with E-state index >= 15 is 0 Å². The van der Waals surface area contributed by atoms with Crippen LogP contribution >= 0.6 is 0 Å². The van der Waals surface area contributed by atoms with Crippen molar-refractivity contribution in [2.45, 2.75) is 85.5 Å². The highest BCUT2D eigenvalue weighted by molar-refractivity contribution is 5.25. The van der Waals surface area contributed by atoms with E-state index in [1.165, 1.54) is 0 Å². The first-order valence-electron chi connectivity index (χ1n) is 9.89. The number of nitrogens with zero attached hydrogens (tertiary/aromatic N) is 4. The quantitative estimate of drug-likeness (QED) is 0.631. The Morgan fingerprint density at radius 3 is 1.32 bits per heavy atom. The summed E-state index contributed by atoms with van der Waals surface area (Å²) in [6.45, 7) is 8.74. The molecule has 0 aliphatic carbocycles. The molecule has 0 unspecified atom stereocenters. The van der Waals surface area contributed by atoms with Crippen molar-refractivity contribution in [1.29, 1.82) is 0 Å². The molecule has 4 heteroatoms. The van der Waals surface area contributed by atoms with Crippen molar-refractivity contribution in [2.24, 2.45) is 0 Å². The monoisotopic (exact) mass is 340 g/mol. The van der Waals surface area contributed by atoms with E-state index in [0.29, 0.717) is 0 Å². The van der Waals surface area contributed by atoms with E-state index in [2.05, 4.69) is 27.7 Å². The van der Waals surface area contributed by atoms with Gasteiger partial charge in [0.25, 0.3) is 0 Å². The fourth-order valence-corrected chi connectivity index (χ4v) is 3.07. The molecule has 0 saturated heterocycles. The first-order valence-corrected chi connectivity index (χ1v) is 9.89. The van der Waals surface area contributed by atoms with E-state index in [4.69, 9.17) is 19.9 Å². The van der Waals surface area contributed by atoms with Crippen LogP contribution in [0.5, 0.6) is 0 Å². The maximum atomic E-state index is 4.92. The average Bonchev–Trinajstić information content (AvgIpc) is 2.60. The first kappa shape index (κ1) is 19.5. The Hall–Kier alpha value is -1.84. The number of hydrogen-bond donors (Lipinski definition) is 0. The molecule has 0 amide bonds. The van der Waals surface area contributed by atoms with Crippen LogP contribution in [0.4, 0.5) is 0 Å². The van der Waals surface area contributed by atoms with E-state index in [9.17, 15) is 0 Å². The van der Waals surface area contributed by atoms with Crippen molar-refractivity contribution < 1.29 is 0 Å². The van der Waals surface area contributed by atoms with Gasteiger partial charge < -0.3 is 0 Å². The Morgan fingerprint density at radius 1 is 0.560 bits per heavy atom. The van der Waals surface area contributed by atoms with Crippen molar-refractivity contribution in [1.82, 2.24) is 19.9 Å². The molecule has 0 aliphatic heterocycles. The van der Waals surface area contributed by atoms with Crippen LogP contribution in [0, 0.1) is 0 Å². The summed E-state index contributed by atoms with van der Waals surface area (Å²) >= 11 is 0. The van der Waals surface area contributed by atoms with E-state index in [1.54, 1.807) is 0 Å². The lowest BCUT2D eigenvalue weighted by molar-refractivity contribution is 0.765. The van der Waals surface area contributed by atoms with Gasteiger partial charge in [0.05, 0.1) is 34.2 Å². The topological polar surface area (TPSA) is 51.6 Å². The molecule has 0 radical (unpaired) electrons. The van der Waals surface area contributed by atoms with Gasteiger partial charge in [-0.2, -0.15) is 0 Å². The van der Waals surface area contributed by atoms with Crippen molar-refractivity contribution >= 4 is 0 Å². The van der Waals surface area contributed by atoms with Crippen LogP contribution in [0.25, 0.3) is 0 Å². The van der Waals surface area contributed by atoms with Crippen LogP contribution in [0.1, 0.15) is 87.5 Å². The lowest BCUT2D eigenvalue weighted by Gasteiger charge is -2.12. The Morgan fingerprint density at radius 2 is 0.960 bits per heavy atom. The average molecular weight is 341 g/mol. The zero-order chi connectivity index (χ0) is 18.1. The second-order valence-electron chi connectivity index (χ2n) is 6.69. The molecule has 25 heavy (non-hydrogen) atoms. The predicted molar refractivity (Wildman–Crippen MR) is 103 cm³/mol. The van der Waals surface area contributed by atoms with Gasteiger partial charge >= 0.3 is 0 Å². The molecule has 0 atom stereocenters.